The average Bonchev–Trinajstić information content (AvgIpc) is 2.82. The zero-order valence-corrected chi connectivity index (χ0v) is 24.3. The average molecular weight is 586 g/mol. The van der Waals surface area contributed by atoms with Crippen molar-refractivity contribution >= 4 is 39.3 Å². The summed E-state index contributed by atoms with van der Waals surface area (Å²) in [6.45, 7) is 9.64. The molecular weight excluding hydrogens is 552 g/mol. The van der Waals surface area contributed by atoms with Gasteiger partial charge in [0.15, 0.2) is 6.61 Å². The molecule has 1 atom stereocenters. The highest BCUT2D eigenvalue weighted by atomic mass is 79.9. The van der Waals surface area contributed by atoms with E-state index < -0.39 is 11.6 Å². The molecule has 2 amide bonds. The number of carbonyl (C=O) groups excluding carboxylic acids is 2. The van der Waals surface area contributed by atoms with Crippen LogP contribution in [0, 0.1) is 13.8 Å². The fourth-order valence-electron chi connectivity index (χ4n) is 4.06. The smallest absolute Gasteiger partial charge is 0.261 e. The van der Waals surface area contributed by atoms with Gasteiger partial charge >= 0.3 is 0 Å². The number of ether oxygens (including phenoxy) is 1. The Labute approximate surface area is 233 Å². The number of nitrogens with zero attached hydrogens (tertiary/aromatic N) is 1. The Morgan fingerprint density at radius 3 is 2.19 bits per heavy atom. The third-order valence-corrected chi connectivity index (χ3v) is 6.87. The molecule has 0 aliphatic heterocycles. The summed E-state index contributed by atoms with van der Waals surface area (Å²) in [5.41, 5.74) is 3.17. The minimum Gasteiger partial charge on any atom is -0.484 e. The van der Waals surface area contributed by atoms with Gasteiger partial charge in [0.05, 0.1) is 0 Å². The van der Waals surface area contributed by atoms with E-state index in [4.69, 9.17) is 16.3 Å². The van der Waals surface area contributed by atoms with Crippen molar-refractivity contribution in [2.75, 3.05) is 6.61 Å². The van der Waals surface area contributed by atoms with Gasteiger partial charge in [-0.15, -0.1) is 0 Å². The first kappa shape index (κ1) is 28.7. The second-order valence-electron chi connectivity index (χ2n) is 10.3. The lowest BCUT2D eigenvalue weighted by molar-refractivity contribution is -0.143. The molecule has 7 heteroatoms. The lowest BCUT2D eigenvalue weighted by Gasteiger charge is -2.33. The number of benzene rings is 3. The zero-order valence-electron chi connectivity index (χ0n) is 22.0. The Balaban J connectivity index is 1.94. The Hall–Kier alpha value is -2.83. The van der Waals surface area contributed by atoms with Crippen molar-refractivity contribution in [3.63, 3.8) is 0 Å². The van der Waals surface area contributed by atoms with Gasteiger partial charge in [-0.1, -0.05) is 70.0 Å². The molecule has 1 N–H and O–H groups in total. The summed E-state index contributed by atoms with van der Waals surface area (Å²) in [6, 6.07) is 20.4. The third-order valence-electron chi connectivity index (χ3n) is 5.78. The van der Waals surface area contributed by atoms with Crippen LogP contribution in [0.5, 0.6) is 5.75 Å². The van der Waals surface area contributed by atoms with E-state index in [1.54, 1.807) is 4.90 Å². The van der Waals surface area contributed by atoms with E-state index in [9.17, 15) is 9.59 Å². The number of hydrogen-bond acceptors (Lipinski definition) is 3. The quantitative estimate of drug-likeness (QED) is 0.306. The second kappa shape index (κ2) is 12.6. The molecule has 3 aromatic carbocycles. The van der Waals surface area contributed by atoms with Crippen LogP contribution in [0.15, 0.2) is 71.2 Å². The predicted octanol–water partition coefficient (Wildman–Crippen LogP) is 6.65. The van der Waals surface area contributed by atoms with E-state index >= 15 is 0 Å². The number of nitrogens with one attached hydrogen (secondary N) is 1. The number of aryl methyl sites for hydroxylation is 2. The van der Waals surface area contributed by atoms with Gasteiger partial charge in [0, 0.05) is 28.0 Å². The van der Waals surface area contributed by atoms with E-state index in [0.717, 1.165) is 26.7 Å². The summed E-state index contributed by atoms with van der Waals surface area (Å²) in [6.07, 6.45) is 0.377. The van der Waals surface area contributed by atoms with Crippen molar-refractivity contribution in [3.05, 3.63) is 98.5 Å². The summed E-state index contributed by atoms with van der Waals surface area (Å²) in [7, 11) is 0. The van der Waals surface area contributed by atoms with Gasteiger partial charge in [0.1, 0.15) is 11.8 Å². The summed E-state index contributed by atoms with van der Waals surface area (Å²) >= 11 is 9.80. The highest BCUT2D eigenvalue weighted by Gasteiger charge is 2.32. The molecule has 0 saturated carbocycles. The standard InChI is InChI=1S/C30H34BrClN2O3/c1-20-14-25(15-21(2)28(20)32)37-19-27(35)34(18-23-12-9-13-24(31)16-23)26(29(36)33-30(3,4)5)17-22-10-7-6-8-11-22/h6-16,26H,17-19H2,1-5H3,(H,33,36). The van der Waals surface area contributed by atoms with E-state index in [2.05, 4.69) is 21.2 Å². The van der Waals surface area contributed by atoms with Crippen molar-refractivity contribution < 1.29 is 14.3 Å². The highest BCUT2D eigenvalue weighted by molar-refractivity contribution is 9.10. The van der Waals surface area contributed by atoms with Crippen LogP contribution in [0.25, 0.3) is 0 Å². The van der Waals surface area contributed by atoms with Gasteiger partial charge in [0.25, 0.3) is 5.91 Å². The number of amides is 2. The van der Waals surface area contributed by atoms with Gasteiger partial charge in [0.2, 0.25) is 5.91 Å². The van der Waals surface area contributed by atoms with Crippen molar-refractivity contribution in [2.24, 2.45) is 0 Å². The molecular formula is C30H34BrClN2O3. The molecule has 1 unspecified atom stereocenters. The predicted molar refractivity (Wildman–Crippen MR) is 153 cm³/mol. The van der Waals surface area contributed by atoms with Gasteiger partial charge in [-0.25, -0.2) is 0 Å². The maximum atomic E-state index is 13.7. The molecule has 0 fully saturated rings. The Morgan fingerprint density at radius 2 is 1.59 bits per heavy atom. The van der Waals surface area contributed by atoms with E-state index in [0.29, 0.717) is 17.2 Å². The third kappa shape index (κ3) is 8.61. The molecule has 0 radical (unpaired) electrons. The number of rotatable bonds is 9. The molecule has 0 bridgehead atoms. The fourth-order valence-corrected chi connectivity index (χ4v) is 4.61. The van der Waals surface area contributed by atoms with Crippen LogP contribution in [-0.2, 0) is 22.6 Å². The fraction of sp³-hybridized carbons (Fsp3) is 0.333. The van der Waals surface area contributed by atoms with Crippen molar-refractivity contribution in [1.29, 1.82) is 0 Å². The van der Waals surface area contributed by atoms with Gasteiger partial charge in [-0.05, 0) is 81.1 Å². The van der Waals surface area contributed by atoms with Crippen molar-refractivity contribution in [2.45, 2.75) is 59.2 Å². The van der Waals surface area contributed by atoms with Gasteiger partial charge in [-0.3, -0.25) is 9.59 Å². The maximum absolute atomic E-state index is 13.7. The SMILES string of the molecule is Cc1cc(OCC(=O)N(Cc2cccc(Br)c2)C(Cc2ccccc2)C(=O)NC(C)(C)C)cc(C)c1Cl. The topological polar surface area (TPSA) is 58.6 Å². The molecule has 3 aromatic rings. The largest absolute Gasteiger partial charge is 0.484 e. The van der Waals surface area contributed by atoms with Crippen molar-refractivity contribution in [3.8, 4) is 5.75 Å². The molecule has 0 saturated heterocycles. The van der Waals surface area contributed by atoms with Crippen LogP contribution < -0.4 is 10.1 Å². The van der Waals surface area contributed by atoms with Crippen LogP contribution >= 0.6 is 27.5 Å². The second-order valence-corrected chi connectivity index (χ2v) is 11.5. The van der Waals surface area contributed by atoms with Crippen LogP contribution in [-0.4, -0.2) is 34.9 Å². The van der Waals surface area contributed by atoms with Crippen LogP contribution in [0.3, 0.4) is 0 Å². The van der Waals surface area contributed by atoms with E-state index in [1.165, 1.54) is 0 Å². The summed E-state index contributed by atoms with van der Waals surface area (Å²) < 4.78 is 6.82. The molecule has 0 aromatic heterocycles. The molecule has 0 spiro atoms. The number of halogens is 2. The Kier molecular flexibility index (Phi) is 9.80. The lowest BCUT2D eigenvalue weighted by Crippen LogP contribution is -2.55. The van der Waals surface area contributed by atoms with Gasteiger partial charge in [-0.2, -0.15) is 0 Å². The van der Waals surface area contributed by atoms with Gasteiger partial charge < -0.3 is 15.0 Å². The molecule has 37 heavy (non-hydrogen) atoms. The molecule has 0 aliphatic rings. The van der Waals surface area contributed by atoms with Crippen molar-refractivity contribution in [1.82, 2.24) is 10.2 Å². The minimum absolute atomic E-state index is 0.206. The molecule has 5 nitrogen and oxygen atoms in total. The summed E-state index contributed by atoms with van der Waals surface area (Å²) in [5, 5.41) is 3.75. The monoisotopic (exact) mass is 584 g/mol. The van der Waals surface area contributed by atoms with E-state index in [1.807, 2.05) is 101 Å². The maximum Gasteiger partial charge on any atom is 0.261 e. The highest BCUT2D eigenvalue weighted by Crippen LogP contribution is 2.26. The number of hydrogen-bond donors (Lipinski definition) is 1. The minimum atomic E-state index is -0.731. The first-order valence-electron chi connectivity index (χ1n) is 12.2. The molecule has 0 aliphatic carbocycles. The summed E-state index contributed by atoms with van der Waals surface area (Å²) in [5.74, 6) is 0.0713. The Morgan fingerprint density at radius 1 is 0.973 bits per heavy atom. The number of carbonyl (C=O) groups is 2. The first-order chi connectivity index (χ1) is 17.4. The molecule has 3 rings (SSSR count). The normalized spacial score (nSPS) is 12.1. The van der Waals surface area contributed by atoms with Crippen LogP contribution in [0.4, 0.5) is 0 Å². The molecule has 196 valence electrons. The lowest BCUT2D eigenvalue weighted by atomic mass is 10.0. The summed E-state index contributed by atoms with van der Waals surface area (Å²) in [4.78, 5) is 28.9. The van der Waals surface area contributed by atoms with Crippen LogP contribution in [0.1, 0.15) is 43.0 Å². The zero-order chi connectivity index (χ0) is 27.2. The molecule has 0 heterocycles. The van der Waals surface area contributed by atoms with Crippen LogP contribution in [0.2, 0.25) is 5.02 Å². The first-order valence-corrected chi connectivity index (χ1v) is 13.4. The van der Waals surface area contributed by atoms with E-state index in [-0.39, 0.29) is 25.0 Å². The Bertz CT molecular complexity index is 1220.